The molecule has 0 saturated carbocycles. The van der Waals surface area contributed by atoms with Crippen molar-refractivity contribution in [2.75, 3.05) is 12.3 Å². The van der Waals surface area contributed by atoms with Crippen molar-refractivity contribution in [3.63, 3.8) is 0 Å². The molecule has 1 aromatic heterocycles. The fourth-order valence-electron chi connectivity index (χ4n) is 2.63. The first kappa shape index (κ1) is 13.6. The SMILES string of the molecule is CCOc1ccc2c(ccn2Cc2cccc(N)c2C)c1. The Kier molecular flexibility index (Phi) is 3.57. The van der Waals surface area contributed by atoms with Gasteiger partial charge in [0.1, 0.15) is 5.75 Å². The number of anilines is 1. The fraction of sp³-hybridized carbons (Fsp3) is 0.222. The lowest BCUT2D eigenvalue weighted by molar-refractivity contribution is 0.340. The van der Waals surface area contributed by atoms with Crippen LogP contribution in [0.2, 0.25) is 0 Å². The van der Waals surface area contributed by atoms with Gasteiger partial charge >= 0.3 is 0 Å². The van der Waals surface area contributed by atoms with Gasteiger partial charge in [-0.25, -0.2) is 0 Å². The van der Waals surface area contributed by atoms with E-state index in [1.165, 1.54) is 16.5 Å². The number of rotatable bonds is 4. The highest BCUT2D eigenvalue weighted by Gasteiger charge is 2.06. The third-order valence-corrected chi connectivity index (χ3v) is 3.88. The summed E-state index contributed by atoms with van der Waals surface area (Å²) in [6.07, 6.45) is 2.11. The molecule has 0 aliphatic rings. The maximum atomic E-state index is 5.99. The molecular formula is C18H20N2O. The molecule has 0 radical (unpaired) electrons. The molecule has 2 aromatic carbocycles. The van der Waals surface area contributed by atoms with Crippen LogP contribution in [0.1, 0.15) is 18.1 Å². The zero-order valence-electron chi connectivity index (χ0n) is 12.5. The number of nitrogens with two attached hydrogens (primary N) is 1. The zero-order chi connectivity index (χ0) is 14.8. The Labute approximate surface area is 125 Å². The lowest BCUT2D eigenvalue weighted by Crippen LogP contribution is -2.02. The van der Waals surface area contributed by atoms with Crippen LogP contribution in [0.25, 0.3) is 10.9 Å². The summed E-state index contributed by atoms with van der Waals surface area (Å²) < 4.78 is 7.79. The Morgan fingerprint density at radius 3 is 2.81 bits per heavy atom. The Morgan fingerprint density at radius 1 is 1.14 bits per heavy atom. The van der Waals surface area contributed by atoms with Gasteiger partial charge in [0.15, 0.2) is 0 Å². The lowest BCUT2D eigenvalue weighted by atomic mass is 10.1. The summed E-state index contributed by atoms with van der Waals surface area (Å²) in [6, 6.07) is 14.4. The Bertz CT molecular complexity index is 774. The predicted octanol–water partition coefficient (Wildman–Crippen LogP) is 3.98. The van der Waals surface area contributed by atoms with E-state index in [2.05, 4.69) is 42.0 Å². The second-order valence-corrected chi connectivity index (χ2v) is 5.23. The van der Waals surface area contributed by atoms with Crippen molar-refractivity contribution in [2.45, 2.75) is 20.4 Å². The van der Waals surface area contributed by atoms with Gasteiger partial charge in [0.25, 0.3) is 0 Å². The molecule has 3 nitrogen and oxygen atoms in total. The van der Waals surface area contributed by atoms with Crippen LogP contribution in [-0.2, 0) is 6.54 Å². The summed E-state index contributed by atoms with van der Waals surface area (Å²) in [4.78, 5) is 0. The van der Waals surface area contributed by atoms with Gasteiger partial charge in [-0.2, -0.15) is 0 Å². The summed E-state index contributed by atoms with van der Waals surface area (Å²) >= 11 is 0. The molecule has 0 atom stereocenters. The van der Waals surface area contributed by atoms with E-state index in [0.717, 1.165) is 23.5 Å². The topological polar surface area (TPSA) is 40.2 Å². The second kappa shape index (κ2) is 5.52. The first-order chi connectivity index (χ1) is 10.2. The number of benzene rings is 2. The number of nitrogen functional groups attached to an aromatic ring is 1. The van der Waals surface area contributed by atoms with Crippen molar-refractivity contribution in [3.05, 3.63) is 59.8 Å². The van der Waals surface area contributed by atoms with Crippen LogP contribution in [0.15, 0.2) is 48.7 Å². The van der Waals surface area contributed by atoms with Crippen molar-refractivity contribution in [2.24, 2.45) is 0 Å². The molecule has 0 saturated heterocycles. The van der Waals surface area contributed by atoms with Crippen LogP contribution in [-0.4, -0.2) is 11.2 Å². The van der Waals surface area contributed by atoms with Crippen LogP contribution in [0, 0.1) is 6.92 Å². The molecule has 1 heterocycles. The summed E-state index contributed by atoms with van der Waals surface area (Å²) in [6.45, 7) is 5.59. The minimum Gasteiger partial charge on any atom is -0.494 e. The zero-order valence-corrected chi connectivity index (χ0v) is 12.5. The predicted molar refractivity (Wildman–Crippen MR) is 87.8 cm³/mol. The van der Waals surface area contributed by atoms with E-state index in [0.29, 0.717) is 6.61 Å². The number of aromatic nitrogens is 1. The van der Waals surface area contributed by atoms with Crippen LogP contribution < -0.4 is 10.5 Å². The number of ether oxygens (including phenoxy) is 1. The maximum Gasteiger partial charge on any atom is 0.120 e. The monoisotopic (exact) mass is 280 g/mol. The van der Waals surface area contributed by atoms with E-state index in [4.69, 9.17) is 10.5 Å². The van der Waals surface area contributed by atoms with Gasteiger partial charge < -0.3 is 15.0 Å². The Hall–Kier alpha value is -2.42. The summed E-state index contributed by atoms with van der Waals surface area (Å²) in [5.74, 6) is 0.919. The molecule has 2 N–H and O–H groups in total. The quantitative estimate of drug-likeness (QED) is 0.734. The molecule has 0 fully saturated rings. The summed E-state index contributed by atoms with van der Waals surface area (Å²) in [5, 5.41) is 1.20. The van der Waals surface area contributed by atoms with Gasteiger partial charge in [-0.15, -0.1) is 0 Å². The van der Waals surface area contributed by atoms with Crippen LogP contribution >= 0.6 is 0 Å². The standard InChI is InChI=1S/C18H20N2O/c1-3-21-16-7-8-18-14(11-16)9-10-20(18)12-15-5-4-6-17(19)13(15)2/h4-11H,3,12,19H2,1-2H3. The largest absolute Gasteiger partial charge is 0.494 e. The van der Waals surface area contributed by atoms with Crippen LogP contribution in [0.3, 0.4) is 0 Å². The summed E-state index contributed by atoms with van der Waals surface area (Å²) in [5.41, 5.74) is 10.5. The number of fused-ring (bicyclic) bond motifs is 1. The smallest absolute Gasteiger partial charge is 0.120 e. The van der Waals surface area contributed by atoms with E-state index in [9.17, 15) is 0 Å². The van der Waals surface area contributed by atoms with Crippen molar-refractivity contribution in [1.29, 1.82) is 0 Å². The van der Waals surface area contributed by atoms with Gasteiger partial charge in [0, 0.05) is 29.3 Å². The molecule has 0 aliphatic carbocycles. The van der Waals surface area contributed by atoms with E-state index in [1.807, 2.05) is 25.1 Å². The van der Waals surface area contributed by atoms with Crippen LogP contribution in [0.4, 0.5) is 5.69 Å². The normalized spacial score (nSPS) is 11.0. The maximum absolute atomic E-state index is 5.99. The summed E-state index contributed by atoms with van der Waals surface area (Å²) in [7, 11) is 0. The molecule has 0 amide bonds. The molecule has 0 aliphatic heterocycles. The lowest BCUT2D eigenvalue weighted by Gasteiger charge is -2.11. The molecular weight excluding hydrogens is 260 g/mol. The molecule has 3 heteroatoms. The van der Waals surface area contributed by atoms with Gasteiger partial charge in [-0.3, -0.25) is 0 Å². The number of hydrogen-bond acceptors (Lipinski definition) is 2. The minimum absolute atomic E-state index is 0.689. The minimum atomic E-state index is 0.689. The molecule has 3 aromatic rings. The molecule has 0 spiro atoms. The third-order valence-electron chi connectivity index (χ3n) is 3.88. The van der Waals surface area contributed by atoms with Crippen molar-refractivity contribution in [3.8, 4) is 5.75 Å². The third kappa shape index (κ3) is 2.59. The number of hydrogen-bond donors (Lipinski definition) is 1. The molecule has 108 valence electrons. The number of nitrogens with zero attached hydrogens (tertiary/aromatic N) is 1. The van der Waals surface area contributed by atoms with E-state index in [1.54, 1.807) is 0 Å². The highest BCUT2D eigenvalue weighted by Crippen LogP contribution is 2.24. The van der Waals surface area contributed by atoms with E-state index >= 15 is 0 Å². The first-order valence-electron chi connectivity index (χ1n) is 7.24. The fourth-order valence-corrected chi connectivity index (χ4v) is 2.63. The Morgan fingerprint density at radius 2 is 2.00 bits per heavy atom. The highest BCUT2D eigenvalue weighted by atomic mass is 16.5. The van der Waals surface area contributed by atoms with E-state index < -0.39 is 0 Å². The molecule has 0 bridgehead atoms. The molecule has 0 unspecified atom stereocenters. The van der Waals surface area contributed by atoms with Crippen LogP contribution in [0.5, 0.6) is 5.75 Å². The average Bonchev–Trinajstić information content (AvgIpc) is 2.87. The molecule has 3 rings (SSSR count). The van der Waals surface area contributed by atoms with Gasteiger partial charge in [-0.1, -0.05) is 12.1 Å². The second-order valence-electron chi connectivity index (χ2n) is 5.23. The average molecular weight is 280 g/mol. The highest BCUT2D eigenvalue weighted by molar-refractivity contribution is 5.81. The van der Waals surface area contributed by atoms with Gasteiger partial charge in [-0.05, 0) is 55.3 Å². The van der Waals surface area contributed by atoms with Crippen molar-refractivity contribution < 1.29 is 4.74 Å². The molecule has 21 heavy (non-hydrogen) atoms. The van der Waals surface area contributed by atoms with Crippen molar-refractivity contribution in [1.82, 2.24) is 4.57 Å². The van der Waals surface area contributed by atoms with E-state index in [-0.39, 0.29) is 0 Å². The van der Waals surface area contributed by atoms with Gasteiger partial charge in [0.05, 0.1) is 6.61 Å². The van der Waals surface area contributed by atoms with Gasteiger partial charge in [0.2, 0.25) is 0 Å². The van der Waals surface area contributed by atoms with Crippen molar-refractivity contribution >= 4 is 16.6 Å². The first-order valence-corrected chi connectivity index (χ1v) is 7.24. The Balaban J connectivity index is 1.96.